The highest BCUT2D eigenvalue weighted by Crippen LogP contribution is 2.24. The summed E-state index contributed by atoms with van der Waals surface area (Å²) < 4.78 is 27.4. The number of nitrogens with zero attached hydrogens (tertiary/aromatic N) is 1. The first-order chi connectivity index (χ1) is 8.50. The second-order valence-electron chi connectivity index (χ2n) is 4.27. The number of hydrogen-bond acceptors (Lipinski definition) is 2. The van der Waals surface area contributed by atoms with Crippen molar-refractivity contribution >= 4 is 21.8 Å². The summed E-state index contributed by atoms with van der Waals surface area (Å²) in [5.74, 6) is -2.51. The molecule has 1 saturated heterocycles. The summed E-state index contributed by atoms with van der Waals surface area (Å²) in [7, 11) is 0. The van der Waals surface area contributed by atoms with Gasteiger partial charge in [0.25, 0.3) is 5.91 Å². The Bertz CT molecular complexity index is 481. The highest BCUT2D eigenvalue weighted by Gasteiger charge is 2.28. The third-order valence-corrected chi connectivity index (χ3v) is 3.55. The fraction of sp³-hybridized carbons (Fsp3) is 0.417. The molecule has 1 amide bonds. The number of β-amino-alcohol motifs (C(OH)–C–C–N with tert-alkyl or cyclic N) is 1. The zero-order valence-corrected chi connectivity index (χ0v) is 11.1. The molecule has 1 aromatic carbocycles. The lowest BCUT2D eigenvalue weighted by Gasteiger charge is -2.30. The summed E-state index contributed by atoms with van der Waals surface area (Å²) >= 11 is 2.92. The Morgan fingerprint density at radius 3 is 2.83 bits per heavy atom. The Morgan fingerprint density at radius 2 is 2.17 bits per heavy atom. The molecule has 18 heavy (non-hydrogen) atoms. The maximum absolute atomic E-state index is 13.8. The summed E-state index contributed by atoms with van der Waals surface area (Å²) in [4.78, 5) is 13.3. The molecule has 0 unspecified atom stereocenters. The number of aliphatic hydroxyl groups excluding tert-OH is 1. The Hall–Kier alpha value is -1.01. The van der Waals surface area contributed by atoms with Crippen molar-refractivity contribution in [3.05, 3.63) is 33.8 Å². The van der Waals surface area contributed by atoms with E-state index in [2.05, 4.69) is 15.9 Å². The first-order valence-corrected chi connectivity index (χ1v) is 6.41. The number of likely N-dealkylation sites (tertiary alicyclic amines) is 1. The second kappa shape index (κ2) is 5.32. The lowest BCUT2D eigenvalue weighted by molar-refractivity contribution is 0.0465. The Kier molecular flexibility index (Phi) is 3.97. The molecular formula is C12H12BrF2NO2. The van der Waals surface area contributed by atoms with Gasteiger partial charge in [0.15, 0.2) is 5.82 Å². The van der Waals surface area contributed by atoms with Gasteiger partial charge in [0, 0.05) is 13.1 Å². The van der Waals surface area contributed by atoms with Gasteiger partial charge in [0.1, 0.15) is 11.4 Å². The van der Waals surface area contributed by atoms with Gasteiger partial charge in [-0.05, 0) is 40.9 Å². The molecule has 1 aliphatic rings. The first kappa shape index (κ1) is 13.4. The highest BCUT2D eigenvalue weighted by molar-refractivity contribution is 9.10. The van der Waals surface area contributed by atoms with Gasteiger partial charge < -0.3 is 10.0 Å². The van der Waals surface area contributed by atoms with Crippen molar-refractivity contribution in [2.75, 3.05) is 13.1 Å². The fourth-order valence-electron chi connectivity index (χ4n) is 2.02. The van der Waals surface area contributed by atoms with Crippen LogP contribution in [0.1, 0.15) is 23.2 Å². The minimum atomic E-state index is -0.903. The topological polar surface area (TPSA) is 40.5 Å². The number of hydrogen-bond donors (Lipinski definition) is 1. The monoisotopic (exact) mass is 319 g/mol. The average molecular weight is 320 g/mol. The van der Waals surface area contributed by atoms with E-state index in [1.165, 1.54) is 11.0 Å². The van der Waals surface area contributed by atoms with Gasteiger partial charge in [0.2, 0.25) is 0 Å². The number of piperidine rings is 1. The van der Waals surface area contributed by atoms with Gasteiger partial charge in [-0.2, -0.15) is 0 Å². The summed E-state index contributed by atoms with van der Waals surface area (Å²) in [6.45, 7) is 0.519. The molecular weight excluding hydrogens is 308 g/mol. The minimum Gasteiger partial charge on any atom is -0.391 e. The van der Waals surface area contributed by atoms with Crippen LogP contribution in [-0.4, -0.2) is 35.1 Å². The van der Waals surface area contributed by atoms with Crippen LogP contribution in [0.2, 0.25) is 0 Å². The molecule has 0 radical (unpaired) electrons. The van der Waals surface area contributed by atoms with Crippen molar-refractivity contribution in [3.63, 3.8) is 0 Å². The summed E-state index contributed by atoms with van der Waals surface area (Å²) in [6, 6.07) is 2.26. The van der Waals surface area contributed by atoms with Gasteiger partial charge in [-0.25, -0.2) is 8.78 Å². The van der Waals surface area contributed by atoms with Crippen LogP contribution in [0.4, 0.5) is 8.78 Å². The number of halogens is 3. The maximum atomic E-state index is 13.8. The predicted molar refractivity (Wildman–Crippen MR) is 65.2 cm³/mol. The molecule has 6 heteroatoms. The van der Waals surface area contributed by atoms with E-state index in [0.29, 0.717) is 19.4 Å². The van der Waals surface area contributed by atoms with Gasteiger partial charge in [-0.1, -0.05) is 0 Å². The molecule has 1 atom stereocenters. The molecule has 1 fully saturated rings. The van der Waals surface area contributed by atoms with Crippen LogP contribution >= 0.6 is 15.9 Å². The van der Waals surface area contributed by atoms with Crippen molar-refractivity contribution in [2.24, 2.45) is 0 Å². The van der Waals surface area contributed by atoms with Crippen LogP contribution in [0.3, 0.4) is 0 Å². The van der Waals surface area contributed by atoms with Crippen LogP contribution in [0.15, 0.2) is 16.6 Å². The van der Waals surface area contributed by atoms with Crippen molar-refractivity contribution < 1.29 is 18.7 Å². The van der Waals surface area contributed by atoms with Crippen molar-refractivity contribution in [2.45, 2.75) is 18.9 Å². The molecule has 98 valence electrons. The van der Waals surface area contributed by atoms with Crippen LogP contribution in [0.25, 0.3) is 0 Å². The average Bonchev–Trinajstić information content (AvgIpc) is 2.34. The number of benzene rings is 1. The maximum Gasteiger partial charge on any atom is 0.259 e. The van der Waals surface area contributed by atoms with Gasteiger partial charge in [-0.3, -0.25) is 4.79 Å². The van der Waals surface area contributed by atoms with Crippen molar-refractivity contribution in [1.82, 2.24) is 4.90 Å². The van der Waals surface area contributed by atoms with E-state index in [4.69, 9.17) is 0 Å². The minimum absolute atomic E-state index is 0.0461. The summed E-state index contributed by atoms with van der Waals surface area (Å²) in [5.41, 5.74) is -0.571. The zero-order chi connectivity index (χ0) is 13.3. The molecule has 1 heterocycles. The SMILES string of the molecule is O=C(c1c(F)ccc(Br)c1F)N1CCC[C@H](O)C1. The third kappa shape index (κ3) is 2.54. The normalized spacial score (nSPS) is 20.0. The fourth-order valence-corrected chi connectivity index (χ4v) is 2.35. The van der Waals surface area contributed by atoms with Gasteiger partial charge in [0.05, 0.1) is 10.6 Å². The van der Waals surface area contributed by atoms with Crippen LogP contribution in [-0.2, 0) is 0 Å². The van der Waals surface area contributed by atoms with Crippen molar-refractivity contribution in [3.8, 4) is 0 Å². The zero-order valence-electron chi connectivity index (χ0n) is 9.50. The third-order valence-electron chi connectivity index (χ3n) is 2.94. The smallest absolute Gasteiger partial charge is 0.259 e. The number of rotatable bonds is 1. The van der Waals surface area contributed by atoms with E-state index in [1.54, 1.807) is 0 Å². The molecule has 1 N–H and O–H groups in total. The number of carbonyl (C=O) groups excluding carboxylic acids is 1. The van der Waals surface area contributed by atoms with E-state index >= 15 is 0 Å². The van der Waals surface area contributed by atoms with E-state index in [0.717, 1.165) is 6.07 Å². The Morgan fingerprint density at radius 1 is 1.44 bits per heavy atom. The first-order valence-electron chi connectivity index (χ1n) is 5.61. The molecule has 1 aromatic rings. The summed E-state index contributed by atoms with van der Waals surface area (Å²) in [6.07, 6.45) is 0.609. The standard InChI is InChI=1S/C12H12BrF2NO2/c13-8-3-4-9(14)10(11(8)15)12(18)16-5-1-2-7(17)6-16/h3-4,7,17H,1-2,5-6H2/t7-/m0/s1. The number of carbonyl (C=O) groups is 1. The Labute approximate surface area is 112 Å². The predicted octanol–water partition coefficient (Wildman–Crippen LogP) is 2.32. The van der Waals surface area contributed by atoms with Gasteiger partial charge in [-0.15, -0.1) is 0 Å². The molecule has 0 aliphatic carbocycles. The quantitative estimate of drug-likeness (QED) is 0.807. The molecule has 0 aromatic heterocycles. The molecule has 0 spiro atoms. The lowest BCUT2D eigenvalue weighted by Crippen LogP contribution is -2.42. The van der Waals surface area contributed by atoms with Crippen LogP contribution < -0.4 is 0 Å². The van der Waals surface area contributed by atoms with E-state index in [-0.39, 0.29) is 11.0 Å². The summed E-state index contributed by atoms with van der Waals surface area (Å²) in [5, 5.41) is 9.48. The molecule has 0 bridgehead atoms. The van der Waals surface area contributed by atoms with E-state index in [1.807, 2.05) is 0 Å². The highest BCUT2D eigenvalue weighted by atomic mass is 79.9. The van der Waals surface area contributed by atoms with Gasteiger partial charge >= 0.3 is 0 Å². The lowest BCUT2D eigenvalue weighted by atomic mass is 10.1. The van der Waals surface area contributed by atoms with Crippen LogP contribution in [0.5, 0.6) is 0 Å². The molecule has 0 saturated carbocycles. The largest absolute Gasteiger partial charge is 0.391 e. The van der Waals surface area contributed by atoms with Crippen molar-refractivity contribution in [1.29, 1.82) is 0 Å². The number of aliphatic hydroxyl groups is 1. The molecule has 1 aliphatic heterocycles. The van der Waals surface area contributed by atoms with E-state index < -0.39 is 29.2 Å². The van der Waals surface area contributed by atoms with Crippen LogP contribution in [0, 0.1) is 11.6 Å². The molecule has 3 nitrogen and oxygen atoms in total. The Balaban J connectivity index is 2.31. The van der Waals surface area contributed by atoms with E-state index in [9.17, 15) is 18.7 Å². The second-order valence-corrected chi connectivity index (χ2v) is 5.12. The molecule has 2 rings (SSSR count). The number of amides is 1.